The van der Waals surface area contributed by atoms with Crippen LogP contribution in [0.2, 0.25) is 0 Å². The van der Waals surface area contributed by atoms with E-state index in [4.69, 9.17) is 5.73 Å². The third-order valence-electron chi connectivity index (χ3n) is 3.30. The molecule has 2 fully saturated rings. The summed E-state index contributed by atoms with van der Waals surface area (Å²) < 4.78 is 0. The minimum atomic E-state index is -0.260. The summed E-state index contributed by atoms with van der Waals surface area (Å²) in [6.45, 7) is 0. The van der Waals surface area contributed by atoms with E-state index >= 15 is 0 Å². The lowest BCUT2D eigenvalue weighted by Gasteiger charge is -2.38. The highest BCUT2D eigenvalue weighted by molar-refractivity contribution is 5.00. The summed E-state index contributed by atoms with van der Waals surface area (Å²) in [4.78, 5) is 2.33. The summed E-state index contributed by atoms with van der Waals surface area (Å²) in [5.74, 6) is 0. The Bertz CT molecular complexity index is 162. The summed E-state index contributed by atoms with van der Waals surface area (Å²) >= 11 is 0. The molecule has 4 unspecified atom stereocenters. The van der Waals surface area contributed by atoms with Crippen LogP contribution >= 0.6 is 0 Å². The minimum absolute atomic E-state index is 0.0150. The Kier molecular flexibility index (Phi) is 1.67. The zero-order chi connectivity index (χ0) is 8.01. The molecular formula is C8H16N2O. The number of hydrogen-bond acceptors (Lipinski definition) is 3. The van der Waals surface area contributed by atoms with Crippen molar-refractivity contribution in [1.29, 1.82) is 0 Å². The van der Waals surface area contributed by atoms with Crippen LogP contribution in [0, 0.1) is 0 Å². The number of nitrogens with zero attached hydrogens (tertiary/aromatic N) is 1. The van der Waals surface area contributed by atoms with E-state index < -0.39 is 0 Å². The maximum atomic E-state index is 9.52. The molecule has 2 aliphatic rings. The molecule has 0 aliphatic carbocycles. The lowest BCUT2D eigenvalue weighted by atomic mass is 9.96. The van der Waals surface area contributed by atoms with Crippen LogP contribution in [0.15, 0.2) is 0 Å². The topological polar surface area (TPSA) is 49.5 Å². The molecule has 0 saturated carbocycles. The highest BCUT2D eigenvalue weighted by Gasteiger charge is 2.42. The lowest BCUT2D eigenvalue weighted by Crippen LogP contribution is -2.56. The summed E-state index contributed by atoms with van der Waals surface area (Å²) in [6.07, 6.45) is 2.99. The zero-order valence-corrected chi connectivity index (χ0v) is 6.90. The summed E-state index contributed by atoms with van der Waals surface area (Å²) in [6, 6.07) is 1.01. The molecule has 0 radical (unpaired) electrons. The van der Waals surface area contributed by atoms with Crippen LogP contribution in [0.3, 0.4) is 0 Å². The van der Waals surface area contributed by atoms with Crippen molar-refractivity contribution >= 4 is 0 Å². The fourth-order valence-electron chi connectivity index (χ4n) is 2.48. The van der Waals surface area contributed by atoms with Crippen LogP contribution in [0.25, 0.3) is 0 Å². The highest BCUT2D eigenvalue weighted by atomic mass is 16.3. The molecule has 0 aromatic heterocycles. The van der Waals surface area contributed by atoms with E-state index in [9.17, 15) is 5.11 Å². The molecule has 0 amide bonds. The predicted molar refractivity (Wildman–Crippen MR) is 43.2 cm³/mol. The SMILES string of the molecule is CN1C2CCC1C(N)C(O)C2. The van der Waals surface area contributed by atoms with E-state index in [2.05, 4.69) is 11.9 Å². The molecular weight excluding hydrogens is 140 g/mol. The molecule has 0 aromatic carbocycles. The number of hydrogen-bond donors (Lipinski definition) is 2. The van der Waals surface area contributed by atoms with Crippen LogP contribution in [0.1, 0.15) is 19.3 Å². The number of rotatable bonds is 0. The van der Waals surface area contributed by atoms with Crippen molar-refractivity contribution in [2.24, 2.45) is 5.73 Å². The Labute approximate surface area is 67.2 Å². The maximum Gasteiger partial charge on any atom is 0.0721 e. The van der Waals surface area contributed by atoms with Gasteiger partial charge in [-0.15, -0.1) is 0 Å². The van der Waals surface area contributed by atoms with Crippen LogP contribution < -0.4 is 5.73 Å². The molecule has 3 nitrogen and oxygen atoms in total. The molecule has 11 heavy (non-hydrogen) atoms. The van der Waals surface area contributed by atoms with Crippen molar-refractivity contribution in [1.82, 2.24) is 4.90 Å². The molecule has 3 N–H and O–H groups in total. The van der Waals surface area contributed by atoms with Crippen LogP contribution in [-0.2, 0) is 0 Å². The first-order valence-electron chi connectivity index (χ1n) is 4.35. The van der Waals surface area contributed by atoms with Gasteiger partial charge in [-0.2, -0.15) is 0 Å². The maximum absolute atomic E-state index is 9.52. The average Bonchev–Trinajstić information content (AvgIpc) is 2.23. The molecule has 2 aliphatic heterocycles. The fourth-order valence-corrected chi connectivity index (χ4v) is 2.48. The van der Waals surface area contributed by atoms with Crippen molar-refractivity contribution in [2.75, 3.05) is 7.05 Å². The van der Waals surface area contributed by atoms with E-state index in [1.807, 2.05) is 0 Å². The third-order valence-corrected chi connectivity index (χ3v) is 3.30. The van der Waals surface area contributed by atoms with E-state index in [0.717, 1.165) is 6.42 Å². The number of nitrogens with two attached hydrogens (primary N) is 1. The van der Waals surface area contributed by atoms with Crippen molar-refractivity contribution in [3.63, 3.8) is 0 Å². The van der Waals surface area contributed by atoms with E-state index in [-0.39, 0.29) is 12.1 Å². The van der Waals surface area contributed by atoms with Crippen molar-refractivity contribution in [3.05, 3.63) is 0 Å². The first-order valence-corrected chi connectivity index (χ1v) is 4.35. The van der Waals surface area contributed by atoms with Crippen molar-refractivity contribution < 1.29 is 5.11 Å². The van der Waals surface area contributed by atoms with Gasteiger partial charge in [-0.05, 0) is 26.3 Å². The monoisotopic (exact) mass is 156 g/mol. The van der Waals surface area contributed by atoms with Gasteiger partial charge in [0.1, 0.15) is 0 Å². The van der Waals surface area contributed by atoms with Crippen LogP contribution in [0.5, 0.6) is 0 Å². The normalized spacial score (nSPS) is 51.5. The van der Waals surface area contributed by atoms with Gasteiger partial charge >= 0.3 is 0 Å². The Hall–Kier alpha value is -0.120. The molecule has 3 heteroatoms. The van der Waals surface area contributed by atoms with E-state index in [1.165, 1.54) is 12.8 Å². The van der Waals surface area contributed by atoms with Gasteiger partial charge in [0, 0.05) is 18.1 Å². The predicted octanol–water partition coefficient (Wildman–Crippen LogP) is -0.459. The van der Waals surface area contributed by atoms with E-state index in [1.54, 1.807) is 0 Å². The number of piperidine rings is 1. The van der Waals surface area contributed by atoms with E-state index in [0.29, 0.717) is 12.1 Å². The molecule has 4 atom stereocenters. The fraction of sp³-hybridized carbons (Fsp3) is 1.00. The van der Waals surface area contributed by atoms with Gasteiger partial charge in [-0.3, -0.25) is 4.90 Å². The Morgan fingerprint density at radius 1 is 1.45 bits per heavy atom. The quantitative estimate of drug-likeness (QED) is 0.499. The summed E-state index contributed by atoms with van der Waals surface area (Å²) in [5.41, 5.74) is 5.86. The second-order valence-corrected chi connectivity index (χ2v) is 3.84. The Balaban J connectivity index is 2.16. The standard InChI is InChI=1S/C8H16N2O/c1-10-5-2-3-6(10)8(9)7(11)4-5/h5-8,11H,2-4,9H2,1H3. The second kappa shape index (κ2) is 2.44. The third kappa shape index (κ3) is 0.991. The van der Waals surface area contributed by atoms with Crippen LogP contribution in [0.4, 0.5) is 0 Å². The van der Waals surface area contributed by atoms with Gasteiger partial charge in [-0.1, -0.05) is 0 Å². The van der Waals surface area contributed by atoms with Gasteiger partial charge in [0.15, 0.2) is 0 Å². The van der Waals surface area contributed by atoms with Gasteiger partial charge < -0.3 is 10.8 Å². The molecule has 2 saturated heterocycles. The summed E-state index contributed by atoms with van der Waals surface area (Å²) in [7, 11) is 2.12. The van der Waals surface area contributed by atoms with Gasteiger partial charge in [0.2, 0.25) is 0 Å². The van der Waals surface area contributed by atoms with Gasteiger partial charge in [-0.25, -0.2) is 0 Å². The first-order chi connectivity index (χ1) is 5.20. The minimum Gasteiger partial charge on any atom is -0.391 e. The molecule has 0 spiro atoms. The van der Waals surface area contributed by atoms with Crippen molar-refractivity contribution in [2.45, 2.75) is 43.5 Å². The second-order valence-electron chi connectivity index (χ2n) is 3.84. The Morgan fingerprint density at radius 3 is 2.91 bits per heavy atom. The molecule has 2 bridgehead atoms. The number of fused-ring (bicyclic) bond motifs is 2. The van der Waals surface area contributed by atoms with Crippen molar-refractivity contribution in [3.8, 4) is 0 Å². The number of aliphatic hydroxyl groups excluding tert-OH is 1. The molecule has 2 rings (SSSR count). The van der Waals surface area contributed by atoms with Gasteiger partial charge in [0.05, 0.1) is 6.10 Å². The zero-order valence-electron chi connectivity index (χ0n) is 6.90. The Morgan fingerprint density at radius 2 is 2.18 bits per heavy atom. The van der Waals surface area contributed by atoms with Crippen LogP contribution in [-0.4, -0.2) is 41.3 Å². The van der Waals surface area contributed by atoms with Gasteiger partial charge in [0.25, 0.3) is 0 Å². The molecule has 0 aromatic rings. The highest BCUT2D eigenvalue weighted by Crippen LogP contribution is 2.33. The largest absolute Gasteiger partial charge is 0.391 e. The molecule has 64 valence electrons. The average molecular weight is 156 g/mol. The summed E-state index contributed by atoms with van der Waals surface area (Å²) in [5, 5.41) is 9.52. The smallest absolute Gasteiger partial charge is 0.0721 e. The first kappa shape index (κ1) is 7.53. The number of likely N-dealkylation sites (N-methyl/N-ethyl adjacent to an activating group) is 1. The lowest BCUT2D eigenvalue weighted by molar-refractivity contribution is 0.0301. The number of aliphatic hydroxyl groups is 1. The molecule has 2 heterocycles.